The first kappa shape index (κ1) is 16.6. The minimum Gasteiger partial charge on any atom is -0.342 e. The second kappa shape index (κ2) is 6.15. The van der Waals surface area contributed by atoms with Gasteiger partial charge in [-0.25, -0.2) is 0 Å². The van der Waals surface area contributed by atoms with Crippen LogP contribution < -0.4 is 0 Å². The van der Waals surface area contributed by atoms with Gasteiger partial charge >= 0.3 is 0 Å². The average molecular weight is 340 g/mol. The van der Waals surface area contributed by atoms with Crippen LogP contribution in [-0.4, -0.2) is 47.8 Å². The van der Waals surface area contributed by atoms with Gasteiger partial charge in [0.15, 0.2) is 0 Å². The maximum atomic E-state index is 12.8. The summed E-state index contributed by atoms with van der Waals surface area (Å²) in [7, 11) is 0. The summed E-state index contributed by atoms with van der Waals surface area (Å²) in [5.74, 6) is 1.23. The monoisotopic (exact) mass is 340 g/mol. The summed E-state index contributed by atoms with van der Waals surface area (Å²) in [4.78, 5) is 29.3. The van der Waals surface area contributed by atoms with Gasteiger partial charge in [-0.2, -0.15) is 0 Å². The molecule has 4 heteroatoms. The Balaban J connectivity index is 1.39. The summed E-state index contributed by atoms with van der Waals surface area (Å²) in [6.07, 6.45) is 5.17. The Morgan fingerprint density at radius 2 is 1.76 bits per heavy atom. The fourth-order valence-electron chi connectivity index (χ4n) is 4.56. The Hall–Kier alpha value is -1.84. The number of nitrogens with zero attached hydrogens (tertiary/aromatic N) is 2. The highest BCUT2D eigenvalue weighted by atomic mass is 16.2. The fourth-order valence-corrected chi connectivity index (χ4v) is 4.56. The van der Waals surface area contributed by atoms with E-state index < -0.39 is 0 Å². The summed E-state index contributed by atoms with van der Waals surface area (Å²) < 4.78 is 0. The van der Waals surface area contributed by atoms with Crippen LogP contribution >= 0.6 is 0 Å². The maximum Gasteiger partial charge on any atom is 0.253 e. The van der Waals surface area contributed by atoms with E-state index in [1.807, 2.05) is 30.9 Å². The first-order chi connectivity index (χ1) is 11.9. The normalized spacial score (nSPS) is 22.7. The highest BCUT2D eigenvalue weighted by molar-refractivity contribution is 5.94. The van der Waals surface area contributed by atoms with Crippen molar-refractivity contribution in [1.82, 2.24) is 9.80 Å². The van der Waals surface area contributed by atoms with Crippen molar-refractivity contribution in [3.05, 3.63) is 34.9 Å². The lowest BCUT2D eigenvalue weighted by Gasteiger charge is -2.39. The lowest BCUT2D eigenvalue weighted by Crippen LogP contribution is -2.44. The van der Waals surface area contributed by atoms with Crippen LogP contribution in [0.2, 0.25) is 0 Å². The number of piperidine rings is 1. The summed E-state index contributed by atoms with van der Waals surface area (Å²) in [6, 6.07) is 6.06. The molecule has 1 aromatic carbocycles. The Labute approximate surface area is 150 Å². The zero-order chi connectivity index (χ0) is 17.6. The molecule has 2 saturated heterocycles. The lowest BCUT2D eigenvalue weighted by atomic mass is 9.77. The van der Waals surface area contributed by atoms with Crippen LogP contribution in [0.15, 0.2) is 18.2 Å². The summed E-state index contributed by atoms with van der Waals surface area (Å²) in [5.41, 5.74) is 3.18. The molecule has 3 aliphatic rings. The minimum atomic E-state index is 0.116. The molecule has 0 radical (unpaired) electrons. The number of rotatable bonds is 3. The van der Waals surface area contributed by atoms with E-state index in [1.54, 1.807) is 0 Å². The maximum absolute atomic E-state index is 12.8. The molecule has 0 N–H and O–H groups in total. The molecule has 0 bridgehead atoms. The van der Waals surface area contributed by atoms with Crippen molar-refractivity contribution in [1.29, 1.82) is 0 Å². The predicted octanol–water partition coefficient (Wildman–Crippen LogP) is 3.17. The summed E-state index contributed by atoms with van der Waals surface area (Å²) in [5, 5.41) is 0. The van der Waals surface area contributed by atoms with Crippen molar-refractivity contribution in [2.45, 2.75) is 46.0 Å². The molecule has 1 aliphatic carbocycles. The molecule has 4 rings (SSSR count). The topological polar surface area (TPSA) is 40.6 Å². The number of benzene rings is 1. The Morgan fingerprint density at radius 1 is 1.12 bits per heavy atom. The number of aryl methyl sites for hydroxylation is 2. The molecule has 0 atom stereocenters. The second-order valence-electron chi connectivity index (χ2n) is 8.56. The van der Waals surface area contributed by atoms with Crippen LogP contribution in [-0.2, 0) is 4.79 Å². The van der Waals surface area contributed by atoms with Crippen LogP contribution in [0.5, 0.6) is 0 Å². The number of amides is 2. The molecule has 1 saturated carbocycles. The van der Waals surface area contributed by atoms with E-state index in [9.17, 15) is 9.59 Å². The molecule has 2 heterocycles. The van der Waals surface area contributed by atoms with Crippen LogP contribution in [0.4, 0.5) is 0 Å². The van der Waals surface area contributed by atoms with E-state index in [0.717, 1.165) is 61.6 Å². The van der Waals surface area contributed by atoms with E-state index in [4.69, 9.17) is 0 Å². The van der Waals surface area contributed by atoms with Crippen LogP contribution in [0.1, 0.15) is 53.6 Å². The average Bonchev–Trinajstić information content (AvgIpc) is 3.32. The Morgan fingerprint density at radius 3 is 2.36 bits per heavy atom. The van der Waals surface area contributed by atoms with Gasteiger partial charge in [0.25, 0.3) is 5.91 Å². The van der Waals surface area contributed by atoms with E-state index >= 15 is 0 Å². The number of likely N-dealkylation sites (tertiary alicyclic amines) is 2. The van der Waals surface area contributed by atoms with Crippen molar-refractivity contribution < 1.29 is 9.59 Å². The molecule has 134 valence electrons. The van der Waals surface area contributed by atoms with Crippen molar-refractivity contribution in [3.8, 4) is 0 Å². The SMILES string of the molecule is Cc1cc(C)cc(C(=O)N2CCC3(CC2)CC(=O)N(CC2CC2)C3)c1. The molecule has 25 heavy (non-hydrogen) atoms. The van der Waals surface area contributed by atoms with Gasteiger partial charge in [0.2, 0.25) is 5.91 Å². The van der Waals surface area contributed by atoms with E-state index in [0.29, 0.717) is 12.3 Å². The molecular weight excluding hydrogens is 312 g/mol. The molecular formula is C21H28N2O2. The predicted molar refractivity (Wildman–Crippen MR) is 97.4 cm³/mol. The number of carbonyl (C=O) groups excluding carboxylic acids is 2. The van der Waals surface area contributed by atoms with Gasteiger partial charge in [-0.1, -0.05) is 17.2 Å². The van der Waals surface area contributed by atoms with Gasteiger partial charge < -0.3 is 9.80 Å². The fraction of sp³-hybridized carbons (Fsp3) is 0.619. The first-order valence-electron chi connectivity index (χ1n) is 9.59. The first-order valence-corrected chi connectivity index (χ1v) is 9.59. The minimum absolute atomic E-state index is 0.116. The third kappa shape index (κ3) is 3.44. The molecule has 0 unspecified atom stereocenters. The van der Waals surface area contributed by atoms with Gasteiger partial charge in [0.05, 0.1) is 0 Å². The number of carbonyl (C=O) groups is 2. The van der Waals surface area contributed by atoms with Crippen LogP contribution in [0, 0.1) is 25.2 Å². The highest BCUT2D eigenvalue weighted by Gasteiger charge is 2.46. The molecule has 0 aromatic heterocycles. The Kier molecular flexibility index (Phi) is 4.09. The van der Waals surface area contributed by atoms with Gasteiger partial charge in [0, 0.05) is 43.6 Å². The standard InChI is InChI=1S/C21H28N2O2/c1-15-9-16(2)11-18(10-15)20(25)22-7-5-21(6-8-22)12-19(24)23(14-21)13-17-3-4-17/h9-11,17H,3-8,12-14H2,1-2H3. The molecule has 2 aliphatic heterocycles. The summed E-state index contributed by atoms with van der Waals surface area (Å²) in [6.45, 7) is 7.49. The number of hydrogen-bond donors (Lipinski definition) is 0. The molecule has 4 nitrogen and oxygen atoms in total. The zero-order valence-corrected chi connectivity index (χ0v) is 15.4. The van der Waals surface area contributed by atoms with E-state index in [1.165, 1.54) is 12.8 Å². The van der Waals surface area contributed by atoms with Crippen molar-refractivity contribution in [2.75, 3.05) is 26.2 Å². The molecule has 3 fully saturated rings. The van der Waals surface area contributed by atoms with Crippen LogP contribution in [0.3, 0.4) is 0 Å². The van der Waals surface area contributed by atoms with Gasteiger partial charge in [-0.3, -0.25) is 9.59 Å². The molecule has 2 amide bonds. The van der Waals surface area contributed by atoms with Gasteiger partial charge in [-0.05, 0) is 57.6 Å². The number of hydrogen-bond acceptors (Lipinski definition) is 2. The van der Waals surface area contributed by atoms with Gasteiger partial charge in [-0.15, -0.1) is 0 Å². The zero-order valence-electron chi connectivity index (χ0n) is 15.4. The summed E-state index contributed by atoms with van der Waals surface area (Å²) >= 11 is 0. The third-order valence-corrected chi connectivity index (χ3v) is 6.16. The van der Waals surface area contributed by atoms with Crippen molar-refractivity contribution in [3.63, 3.8) is 0 Å². The second-order valence-corrected chi connectivity index (χ2v) is 8.56. The van der Waals surface area contributed by atoms with E-state index in [2.05, 4.69) is 11.0 Å². The van der Waals surface area contributed by atoms with Crippen molar-refractivity contribution >= 4 is 11.8 Å². The van der Waals surface area contributed by atoms with Crippen LogP contribution in [0.25, 0.3) is 0 Å². The van der Waals surface area contributed by atoms with Crippen molar-refractivity contribution in [2.24, 2.45) is 11.3 Å². The molecule has 1 spiro atoms. The highest BCUT2D eigenvalue weighted by Crippen LogP contribution is 2.43. The quantitative estimate of drug-likeness (QED) is 0.848. The Bertz CT molecular complexity index is 680. The lowest BCUT2D eigenvalue weighted by molar-refractivity contribution is -0.128. The molecule has 1 aromatic rings. The van der Waals surface area contributed by atoms with E-state index in [-0.39, 0.29) is 11.3 Å². The largest absolute Gasteiger partial charge is 0.342 e. The van der Waals surface area contributed by atoms with Gasteiger partial charge in [0.1, 0.15) is 0 Å². The smallest absolute Gasteiger partial charge is 0.253 e. The third-order valence-electron chi connectivity index (χ3n) is 6.16.